The third-order valence-electron chi connectivity index (χ3n) is 4.04. The summed E-state index contributed by atoms with van der Waals surface area (Å²) in [6.07, 6.45) is 3.19. The minimum Gasteiger partial charge on any atom is -0.474 e. The summed E-state index contributed by atoms with van der Waals surface area (Å²) in [5, 5.41) is 2.17. The van der Waals surface area contributed by atoms with Crippen molar-refractivity contribution in [2.24, 2.45) is 0 Å². The molecule has 1 saturated heterocycles. The van der Waals surface area contributed by atoms with Crippen molar-refractivity contribution < 1.29 is 14.3 Å². The highest BCUT2D eigenvalue weighted by atomic mass is 79.9. The van der Waals surface area contributed by atoms with Crippen LogP contribution in [0.5, 0.6) is 5.88 Å². The molecule has 1 aromatic carbocycles. The van der Waals surface area contributed by atoms with Crippen molar-refractivity contribution in [2.45, 2.75) is 45.3 Å². The Bertz CT molecular complexity index is 765. The maximum absolute atomic E-state index is 12.1. The Kier molecular flexibility index (Phi) is 5.18. The number of hydrogen-bond donors (Lipinski definition) is 0. The molecule has 6 heteroatoms. The first-order chi connectivity index (χ1) is 11.8. The van der Waals surface area contributed by atoms with E-state index in [9.17, 15) is 4.79 Å². The normalized spacial score (nSPS) is 16.1. The van der Waals surface area contributed by atoms with Gasteiger partial charge in [0, 0.05) is 48.1 Å². The van der Waals surface area contributed by atoms with E-state index in [0.29, 0.717) is 19.0 Å². The van der Waals surface area contributed by atoms with Gasteiger partial charge in [-0.1, -0.05) is 22.0 Å². The van der Waals surface area contributed by atoms with Gasteiger partial charge in [0.25, 0.3) is 0 Å². The van der Waals surface area contributed by atoms with E-state index >= 15 is 0 Å². The molecule has 0 saturated carbocycles. The molecule has 1 aliphatic heterocycles. The summed E-state index contributed by atoms with van der Waals surface area (Å²) in [7, 11) is 0. The summed E-state index contributed by atoms with van der Waals surface area (Å²) in [6, 6.07) is 8.03. The number of likely N-dealkylation sites (tertiary alicyclic amines) is 1. The molecule has 0 spiro atoms. The predicted octanol–water partition coefficient (Wildman–Crippen LogP) is 4.78. The first kappa shape index (κ1) is 18.0. The first-order valence-corrected chi connectivity index (χ1v) is 9.29. The maximum atomic E-state index is 12.1. The number of carbonyl (C=O) groups is 1. The Balaban J connectivity index is 1.58. The topological polar surface area (TPSA) is 51.7 Å². The number of fused-ring (bicyclic) bond motifs is 1. The van der Waals surface area contributed by atoms with Crippen molar-refractivity contribution in [3.8, 4) is 5.88 Å². The Morgan fingerprint density at radius 1 is 1.20 bits per heavy atom. The lowest BCUT2D eigenvalue weighted by Gasteiger charge is -2.33. The summed E-state index contributed by atoms with van der Waals surface area (Å²) < 4.78 is 12.5. The average molecular weight is 407 g/mol. The predicted molar refractivity (Wildman–Crippen MR) is 101 cm³/mol. The van der Waals surface area contributed by atoms with Gasteiger partial charge in [-0.3, -0.25) is 0 Å². The average Bonchev–Trinajstić information content (AvgIpc) is 2.53. The fraction of sp³-hybridized carbons (Fsp3) is 0.474. The van der Waals surface area contributed by atoms with Crippen molar-refractivity contribution in [3.05, 3.63) is 34.9 Å². The molecule has 0 radical (unpaired) electrons. The molecule has 5 nitrogen and oxygen atoms in total. The lowest BCUT2D eigenvalue weighted by Crippen LogP contribution is -2.44. The summed E-state index contributed by atoms with van der Waals surface area (Å²) in [5.74, 6) is 0.626. The number of rotatable bonds is 2. The molecule has 1 aliphatic rings. The minimum atomic E-state index is -0.465. The van der Waals surface area contributed by atoms with Crippen LogP contribution in [0.15, 0.2) is 34.9 Å². The molecule has 25 heavy (non-hydrogen) atoms. The van der Waals surface area contributed by atoms with Crippen molar-refractivity contribution >= 4 is 32.8 Å². The molecule has 0 bridgehead atoms. The van der Waals surface area contributed by atoms with Crippen LogP contribution in [0, 0.1) is 0 Å². The van der Waals surface area contributed by atoms with Gasteiger partial charge in [-0.05, 0) is 38.3 Å². The van der Waals surface area contributed by atoms with Crippen molar-refractivity contribution in [1.82, 2.24) is 9.88 Å². The van der Waals surface area contributed by atoms with Crippen LogP contribution in [-0.4, -0.2) is 40.8 Å². The molecule has 2 aromatic rings. The zero-order chi connectivity index (χ0) is 18.0. The third kappa shape index (κ3) is 4.84. The zero-order valence-corrected chi connectivity index (χ0v) is 16.4. The molecule has 3 rings (SSSR count). The Labute approximate surface area is 156 Å². The lowest BCUT2D eigenvalue weighted by molar-refractivity contribution is 0.0123. The largest absolute Gasteiger partial charge is 0.474 e. The van der Waals surface area contributed by atoms with E-state index in [4.69, 9.17) is 9.47 Å². The second-order valence-electron chi connectivity index (χ2n) is 7.30. The van der Waals surface area contributed by atoms with E-state index in [2.05, 4.69) is 27.0 Å². The molecular formula is C19H23BrN2O3. The summed E-state index contributed by atoms with van der Waals surface area (Å²) >= 11 is 3.49. The highest BCUT2D eigenvalue weighted by Crippen LogP contribution is 2.24. The second-order valence-corrected chi connectivity index (χ2v) is 8.21. The maximum Gasteiger partial charge on any atom is 0.410 e. The third-order valence-corrected chi connectivity index (χ3v) is 4.53. The molecule has 134 valence electrons. The number of benzene rings is 1. The quantitative estimate of drug-likeness (QED) is 0.719. The van der Waals surface area contributed by atoms with Gasteiger partial charge in [0.05, 0.1) is 0 Å². The van der Waals surface area contributed by atoms with Gasteiger partial charge in [0.2, 0.25) is 5.88 Å². The highest BCUT2D eigenvalue weighted by Gasteiger charge is 2.27. The van der Waals surface area contributed by atoms with Gasteiger partial charge in [-0.25, -0.2) is 9.78 Å². The number of carbonyl (C=O) groups excluding carboxylic acids is 1. The number of amides is 1. The van der Waals surface area contributed by atoms with Gasteiger partial charge in [-0.2, -0.15) is 0 Å². The molecule has 0 atom stereocenters. The molecule has 0 unspecified atom stereocenters. The number of aromatic nitrogens is 1. The monoisotopic (exact) mass is 406 g/mol. The number of halogens is 1. The van der Waals surface area contributed by atoms with E-state index in [1.165, 1.54) is 0 Å². The number of pyridine rings is 1. The standard InChI is InChI=1S/C19H23BrN2O3/c1-19(2,3)25-18(23)22-8-6-16(7-9-22)24-17-11-14-10-15(20)5-4-13(14)12-21-17/h4-5,10-12,16H,6-9H2,1-3H3. The van der Waals surface area contributed by atoms with E-state index < -0.39 is 5.60 Å². The lowest BCUT2D eigenvalue weighted by atomic mass is 10.1. The van der Waals surface area contributed by atoms with Crippen LogP contribution in [0.25, 0.3) is 10.8 Å². The van der Waals surface area contributed by atoms with Gasteiger partial charge >= 0.3 is 6.09 Å². The van der Waals surface area contributed by atoms with Crippen LogP contribution >= 0.6 is 15.9 Å². The van der Waals surface area contributed by atoms with Crippen LogP contribution in [0.1, 0.15) is 33.6 Å². The number of ether oxygens (including phenoxy) is 2. The Hall–Kier alpha value is -1.82. The van der Waals surface area contributed by atoms with E-state index in [-0.39, 0.29) is 12.2 Å². The molecule has 1 aromatic heterocycles. The van der Waals surface area contributed by atoms with Gasteiger partial charge in [0.15, 0.2) is 0 Å². The highest BCUT2D eigenvalue weighted by molar-refractivity contribution is 9.10. The van der Waals surface area contributed by atoms with Crippen molar-refractivity contribution in [2.75, 3.05) is 13.1 Å². The minimum absolute atomic E-state index is 0.0655. The Morgan fingerprint density at radius 2 is 1.92 bits per heavy atom. The second kappa shape index (κ2) is 7.20. The van der Waals surface area contributed by atoms with Crippen LogP contribution in [0.2, 0.25) is 0 Å². The summed E-state index contributed by atoms with van der Waals surface area (Å²) in [4.78, 5) is 18.2. The fourth-order valence-electron chi connectivity index (χ4n) is 2.81. The SMILES string of the molecule is CC(C)(C)OC(=O)N1CCC(Oc2cc3cc(Br)ccc3cn2)CC1. The van der Waals surface area contributed by atoms with E-state index in [1.807, 2.05) is 45.2 Å². The van der Waals surface area contributed by atoms with Crippen LogP contribution < -0.4 is 4.74 Å². The van der Waals surface area contributed by atoms with Crippen molar-refractivity contribution in [1.29, 1.82) is 0 Å². The molecule has 2 heterocycles. The molecule has 1 amide bonds. The van der Waals surface area contributed by atoms with Gasteiger partial charge in [-0.15, -0.1) is 0 Å². The number of hydrogen-bond acceptors (Lipinski definition) is 4. The molecule has 0 N–H and O–H groups in total. The van der Waals surface area contributed by atoms with Crippen LogP contribution in [0.3, 0.4) is 0 Å². The van der Waals surface area contributed by atoms with E-state index in [0.717, 1.165) is 28.1 Å². The van der Waals surface area contributed by atoms with Gasteiger partial charge in [0.1, 0.15) is 11.7 Å². The fourth-order valence-corrected chi connectivity index (χ4v) is 3.19. The van der Waals surface area contributed by atoms with Crippen LogP contribution in [-0.2, 0) is 4.74 Å². The molecule has 0 aliphatic carbocycles. The van der Waals surface area contributed by atoms with Crippen LogP contribution in [0.4, 0.5) is 4.79 Å². The first-order valence-electron chi connectivity index (χ1n) is 8.50. The smallest absolute Gasteiger partial charge is 0.410 e. The van der Waals surface area contributed by atoms with E-state index in [1.54, 1.807) is 4.90 Å². The molecular weight excluding hydrogens is 384 g/mol. The van der Waals surface area contributed by atoms with Gasteiger partial charge < -0.3 is 14.4 Å². The zero-order valence-electron chi connectivity index (χ0n) is 14.8. The molecule has 1 fully saturated rings. The summed E-state index contributed by atoms with van der Waals surface area (Å²) in [6.45, 7) is 6.91. The van der Waals surface area contributed by atoms with Crippen molar-refractivity contribution in [3.63, 3.8) is 0 Å². The number of nitrogens with zero attached hydrogens (tertiary/aromatic N) is 2. The Morgan fingerprint density at radius 3 is 2.60 bits per heavy atom. The number of piperidine rings is 1. The summed E-state index contributed by atoms with van der Waals surface area (Å²) in [5.41, 5.74) is -0.465.